The quantitative estimate of drug-likeness (QED) is 0.897. The second kappa shape index (κ2) is 4.45. The normalized spacial score (nSPS) is 10.8. The summed E-state index contributed by atoms with van der Waals surface area (Å²) >= 11 is 12.0. The summed E-state index contributed by atoms with van der Waals surface area (Å²) in [6, 6.07) is 7.48. The van der Waals surface area contributed by atoms with Crippen molar-refractivity contribution in [3.05, 3.63) is 40.1 Å². The lowest BCUT2D eigenvalue weighted by atomic mass is 10.2. The number of hydrogen-bond acceptors (Lipinski definition) is 2. The Balaban J connectivity index is 2.56. The van der Waals surface area contributed by atoms with E-state index in [2.05, 4.69) is 4.98 Å². The van der Waals surface area contributed by atoms with Gasteiger partial charge < -0.3 is 10.3 Å². The molecule has 16 heavy (non-hydrogen) atoms. The molecule has 84 valence electrons. The van der Waals surface area contributed by atoms with Crippen molar-refractivity contribution in [2.75, 3.05) is 0 Å². The first-order valence-electron chi connectivity index (χ1n) is 4.80. The van der Waals surface area contributed by atoms with Gasteiger partial charge in [0.15, 0.2) is 0 Å². The molecule has 0 spiro atoms. The molecule has 2 N–H and O–H groups in total. The summed E-state index contributed by atoms with van der Waals surface area (Å²) in [5.41, 5.74) is 7.18. The van der Waals surface area contributed by atoms with Crippen LogP contribution in [0.1, 0.15) is 5.69 Å². The van der Waals surface area contributed by atoms with Crippen LogP contribution in [-0.2, 0) is 13.6 Å². The Morgan fingerprint density at radius 2 is 2.12 bits per heavy atom. The van der Waals surface area contributed by atoms with Gasteiger partial charge in [-0.15, -0.1) is 0 Å². The van der Waals surface area contributed by atoms with E-state index in [9.17, 15) is 0 Å². The molecule has 0 saturated carbocycles. The van der Waals surface area contributed by atoms with Crippen LogP contribution < -0.4 is 5.73 Å². The first-order valence-corrected chi connectivity index (χ1v) is 5.56. The van der Waals surface area contributed by atoms with Gasteiger partial charge >= 0.3 is 0 Å². The van der Waals surface area contributed by atoms with E-state index in [0.717, 1.165) is 11.4 Å². The molecule has 5 heteroatoms. The zero-order valence-electron chi connectivity index (χ0n) is 8.74. The summed E-state index contributed by atoms with van der Waals surface area (Å²) in [4.78, 5) is 4.39. The number of hydrogen-bond donors (Lipinski definition) is 1. The standard InChI is InChI=1S/C11H11Cl2N3/c1-16-10(13)9(6-14)15-11(16)7-3-2-4-8(12)5-7/h2-5H,6,14H2,1H3. The number of nitrogens with zero attached hydrogens (tertiary/aromatic N) is 2. The Hall–Kier alpha value is -1.03. The van der Waals surface area contributed by atoms with Gasteiger partial charge in [-0.25, -0.2) is 4.98 Å². The highest BCUT2D eigenvalue weighted by atomic mass is 35.5. The Morgan fingerprint density at radius 1 is 1.38 bits per heavy atom. The summed E-state index contributed by atoms with van der Waals surface area (Å²) in [6.07, 6.45) is 0. The third kappa shape index (κ3) is 1.94. The molecular weight excluding hydrogens is 245 g/mol. The third-order valence-corrected chi connectivity index (χ3v) is 3.07. The molecular formula is C11H11Cl2N3. The zero-order chi connectivity index (χ0) is 11.7. The van der Waals surface area contributed by atoms with Crippen LogP contribution >= 0.6 is 23.2 Å². The highest BCUT2D eigenvalue weighted by molar-refractivity contribution is 6.31. The number of aromatic nitrogens is 2. The van der Waals surface area contributed by atoms with Gasteiger partial charge in [-0.05, 0) is 12.1 Å². The van der Waals surface area contributed by atoms with Gasteiger partial charge in [-0.2, -0.15) is 0 Å². The minimum absolute atomic E-state index is 0.327. The van der Waals surface area contributed by atoms with Gasteiger partial charge in [-0.3, -0.25) is 0 Å². The van der Waals surface area contributed by atoms with E-state index in [0.29, 0.717) is 22.4 Å². The van der Waals surface area contributed by atoms with Gasteiger partial charge in [0.05, 0.1) is 5.69 Å². The second-order valence-corrected chi connectivity index (χ2v) is 4.24. The van der Waals surface area contributed by atoms with Crippen LogP contribution in [0, 0.1) is 0 Å². The van der Waals surface area contributed by atoms with Crippen LogP contribution in [0.5, 0.6) is 0 Å². The average Bonchev–Trinajstić information content (AvgIpc) is 2.56. The van der Waals surface area contributed by atoms with Crippen molar-refractivity contribution < 1.29 is 0 Å². The molecule has 0 aliphatic heterocycles. The maximum Gasteiger partial charge on any atom is 0.141 e. The minimum atomic E-state index is 0.327. The molecule has 0 unspecified atom stereocenters. The van der Waals surface area contributed by atoms with E-state index in [1.54, 1.807) is 4.57 Å². The molecule has 0 aliphatic rings. The van der Waals surface area contributed by atoms with Gasteiger partial charge in [0.1, 0.15) is 11.0 Å². The van der Waals surface area contributed by atoms with E-state index in [1.165, 1.54) is 0 Å². The van der Waals surface area contributed by atoms with E-state index in [-0.39, 0.29) is 0 Å². The summed E-state index contributed by atoms with van der Waals surface area (Å²) in [6.45, 7) is 0.327. The number of rotatable bonds is 2. The van der Waals surface area contributed by atoms with Crippen LogP contribution in [0.4, 0.5) is 0 Å². The monoisotopic (exact) mass is 255 g/mol. The smallest absolute Gasteiger partial charge is 0.141 e. The molecule has 0 aliphatic carbocycles. The lowest BCUT2D eigenvalue weighted by Gasteiger charge is -2.02. The maximum absolute atomic E-state index is 6.09. The number of nitrogens with two attached hydrogens (primary N) is 1. The third-order valence-electron chi connectivity index (χ3n) is 2.37. The maximum atomic E-state index is 6.09. The van der Waals surface area contributed by atoms with E-state index in [4.69, 9.17) is 28.9 Å². The van der Waals surface area contributed by atoms with Crippen molar-refractivity contribution in [2.45, 2.75) is 6.54 Å². The summed E-state index contributed by atoms with van der Waals surface area (Å²) in [5.74, 6) is 0.771. The topological polar surface area (TPSA) is 43.8 Å². The van der Waals surface area contributed by atoms with E-state index >= 15 is 0 Å². The Bertz CT molecular complexity index is 520. The fourth-order valence-corrected chi connectivity index (χ4v) is 1.94. The predicted octanol–water partition coefficient (Wildman–Crippen LogP) is 2.85. The average molecular weight is 256 g/mol. The van der Waals surface area contributed by atoms with Crippen LogP contribution in [0.2, 0.25) is 10.2 Å². The number of benzene rings is 1. The Kier molecular flexibility index (Phi) is 3.19. The Morgan fingerprint density at radius 3 is 2.69 bits per heavy atom. The van der Waals surface area contributed by atoms with Crippen LogP contribution in [0.15, 0.2) is 24.3 Å². The molecule has 0 bridgehead atoms. The number of imidazole rings is 1. The van der Waals surface area contributed by atoms with E-state index < -0.39 is 0 Å². The van der Waals surface area contributed by atoms with Gasteiger partial charge in [0, 0.05) is 24.2 Å². The van der Waals surface area contributed by atoms with Crippen molar-refractivity contribution in [2.24, 2.45) is 12.8 Å². The molecule has 1 aromatic carbocycles. The van der Waals surface area contributed by atoms with Crippen molar-refractivity contribution in [3.8, 4) is 11.4 Å². The lowest BCUT2D eigenvalue weighted by molar-refractivity contribution is 0.922. The van der Waals surface area contributed by atoms with Crippen LogP contribution in [0.3, 0.4) is 0 Å². The molecule has 1 heterocycles. The number of halogens is 2. The highest BCUT2D eigenvalue weighted by Gasteiger charge is 2.13. The van der Waals surface area contributed by atoms with Gasteiger partial charge in [0.25, 0.3) is 0 Å². The first kappa shape index (κ1) is 11.5. The molecule has 0 atom stereocenters. The molecule has 1 aromatic heterocycles. The van der Waals surface area contributed by atoms with Crippen molar-refractivity contribution >= 4 is 23.2 Å². The minimum Gasteiger partial charge on any atom is -0.325 e. The molecule has 2 rings (SSSR count). The molecule has 0 fully saturated rings. The highest BCUT2D eigenvalue weighted by Crippen LogP contribution is 2.26. The largest absolute Gasteiger partial charge is 0.325 e. The van der Waals surface area contributed by atoms with Crippen molar-refractivity contribution in [1.29, 1.82) is 0 Å². The molecule has 0 saturated heterocycles. The molecule has 0 radical (unpaired) electrons. The molecule has 0 amide bonds. The predicted molar refractivity (Wildman–Crippen MR) is 66.6 cm³/mol. The second-order valence-electron chi connectivity index (χ2n) is 3.45. The van der Waals surface area contributed by atoms with Crippen LogP contribution in [-0.4, -0.2) is 9.55 Å². The van der Waals surface area contributed by atoms with Crippen LogP contribution in [0.25, 0.3) is 11.4 Å². The fourth-order valence-electron chi connectivity index (χ4n) is 1.55. The Labute approximate surface area is 104 Å². The molecule has 2 aromatic rings. The van der Waals surface area contributed by atoms with E-state index in [1.807, 2.05) is 31.3 Å². The SMILES string of the molecule is Cn1c(-c2cccc(Cl)c2)nc(CN)c1Cl. The van der Waals surface area contributed by atoms with Crippen molar-refractivity contribution in [1.82, 2.24) is 9.55 Å². The summed E-state index contributed by atoms with van der Waals surface area (Å²) < 4.78 is 1.80. The fraction of sp³-hybridized carbons (Fsp3) is 0.182. The lowest BCUT2D eigenvalue weighted by Crippen LogP contribution is -1.97. The van der Waals surface area contributed by atoms with Crippen molar-refractivity contribution in [3.63, 3.8) is 0 Å². The zero-order valence-corrected chi connectivity index (χ0v) is 10.3. The van der Waals surface area contributed by atoms with Gasteiger partial charge in [0.2, 0.25) is 0 Å². The first-order chi connectivity index (χ1) is 7.63. The molecule has 3 nitrogen and oxygen atoms in total. The summed E-state index contributed by atoms with van der Waals surface area (Å²) in [5, 5.41) is 1.24. The summed E-state index contributed by atoms with van der Waals surface area (Å²) in [7, 11) is 1.85. The van der Waals surface area contributed by atoms with Gasteiger partial charge in [-0.1, -0.05) is 35.3 Å².